The predicted octanol–water partition coefficient (Wildman–Crippen LogP) is 3.16. The first-order valence-electron chi connectivity index (χ1n) is 6.19. The van der Waals surface area contributed by atoms with Crippen molar-refractivity contribution in [1.82, 2.24) is 0 Å². The van der Waals surface area contributed by atoms with Crippen molar-refractivity contribution in [2.45, 2.75) is 13.8 Å². The summed E-state index contributed by atoms with van der Waals surface area (Å²) < 4.78 is 0. The number of rotatable bonds is 3. The summed E-state index contributed by atoms with van der Waals surface area (Å²) in [4.78, 5) is 23.2. The van der Waals surface area contributed by atoms with Crippen LogP contribution in [0.4, 0.5) is 5.69 Å². The third-order valence-corrected chi connectivity index (χ3v) is 2.95. The maximum Gasteiger partial charge on any atom is 0.259 e. The van der Waals surface area contributed by atoms with E-state index in [9.17, 15) is 14.7 Å². The highest BCUT2D eigenvalue weighted by Crippen LogP contribution is 2.20. The minimum atomic E-state index is -0.387. The lowest BCUT2D eigenvalue weighted by Crippen LogP contribution is -2.12. The lowest BCUT2D eigenvalue weighted by Gasteiger charge is -2.08. The minimum absolute atomic E-state index is 0.0285. The minimum Gasteiger partial charge on any atom is -0.507 e. The molecule has 0 aromatic heterocycles. The van der Waals surface area contributed by atoms with Crippen LogP contribution in [0.25, 0.3) is 0 Å². The zero-order valence-corrected chi connectivity index (χ0v) is 11.3. The Labute approximate surface area is 117 Å². The third-order valence-electron chi connectivity index (χ3n) is 2.95. The van der Waals surface area contributed by atoms with Gasteiger partial charge in [-0.3, -0.25) is 9.59 Å². The monoisotopic (exact) mass is 269 g/mol. The molecular formula is C16H15NO3. The van der Waals surface area contributed by atoms with Gasteiger partial charge in [-0.25, -0.2) is 0 Å². The molecule has 102 valence electrons. The number of aromatic hydroxyl groups is 1. The molecule has 4 heteroatoms. The highest BCUT2D eigenvalue weighted by atomic mass is 16.3. The van der Waals surface area contributed by atoms with Gasteiger partial charge in [-0.1, -0.05) is 11.6 Å². The smallest absolute Gasteiger partial charge is 0.259 e. The van der Waals surface area contributed by atoms with Crippen molar-refractivity contribution in [3.8, 4) is 5.75 Å². The van der Waals surface area contributed by atoms with Crippen LogP contribution < -0.4 is 5.32 Å². The van der Waals surface area contributed by atoms with Gasteiger partial charge in [0.05, 0.1) is 5.56 Å². The van der Waals surface area contributed by atoms with E-state index in [4.69, 9.17) is 0 Å². The van der Waals surface area contributed by atoms with Crippen LogP contribution in [0.15, 0.2) is 42.5 Å². The standard InChI is InChI=1S/C16H15NO3/c1-10-3-8-15(19)14(9-10)16(20)17-13-6-4-12(5-7-13)11(2)18/h3-9,19H,1-2H3,(H,17,20). The summed E-state index contributed by atoms with van der Waals surface area (Å²) in [5, 5.41) is 12.4. The second-order valence-corrected chi connectivity index (χ2v) is 4.61. The molecule has 0 unspecified atom stereocenters. The number of phenols is 1. The van der Waals surface area contributed by atoms with Crippen molar-refractivity contribution in [2.24, 2.45) is 0 Å². The average molecular weight is 269 g/mol. The van der Waals surface area contributed by atoms with Crippen LogP contribution in [-0.4, -0.2) is 16.8 Å². The lowest BCUT2D eigenvalue weighted by atomic mass is 10.1. The third kappa shape index (κ3) is 3.03. The number of benzene rings is 2. The van der Waals surface area contributed by atoms with Crippen LogP contribution in [0.1, 0.15) is 33.2 Å². The van der Waals surface area contributed by atoms with Gasteiger partial charge in [0.25, 0.3) is 5.91 Å². The molecule has 4 nitrogen and oxygen atoms in total. The number of carbonyl (C=O) groups is 2. The molecule has 2 rings (SSSR count). The van der Waals surface area contributed by atoms with E-state index in [1.165, 1.54) is 13.0 Å². The maximum atomic E-state index is 12.1. The fraction of sp³-hybridized carbons (Fsp3) is 0.125. The Hall–Kier alpha value is -2.62. The fourth-order valence-corrected chi connectivity index (χ4v) is 1.82. The number of aryl methyl sites for hydroxylation is 1. The van der Waals surface area contributed by atoms with Crippen LogP contribution in [0.5, 0.6) is 5.75 Å². The molecule has 0 radical (unpaired) electrons. The second kappa shape index (κ2) is 5.57. The van der Waals surface area contributed by atoms with Gasteiger partial charge in [-0.2, -0.15) is 0 Å². The molecule has 0 saturated carbocycles. The Morgan fingerprint density at radius 2 is 1.70 bits per heavy atom. The number of anilines is 1. The number of ketones is 1. The summed E-state index contributed by atoms with van der Waals surface area (Å²) >= 11 is 0. The molecule has 0 saturated heterocycles. The number of phenolic OH excluding ortho intramolecular Hbond substituents is 1. The van der Waals surface area contributed by atoms with Gasteiger partial charge in [0.15, 0.2) is 5.78 Å². The van der Waals surface area contributed by atoms with Crippen LogP contribution in [0.3, 0.4) is 0 Å². The highest BCUT2D eigenvalue weighted by Gasteiger charge is 2.11. The van der Waals surface area contributed by atoms with E-state index in [2.05, 4.69) is 5.32 Å². The number of hydrogen-bond donors (Lipinski definition) is 2. The molecule has 20 heavy (non-hydrogen) atoms. The molecule has 1 amide bonds. The fourth-order valence-electron chi connectivity index (χ4n) is 1.82. The summed E-state index contributed by atoms with van der Waals surface area (Å²) in [5.41, 5.74) is 2.27. The van der Waals surface area contributed by atoms with Crippen molar-refractivity contribution in [3.05, 3.63) is 59.2 Å². The van der Waals surface area contributed by atoms with Crippen molar-refractivity contribution in [3.63, 3.8) is 0 Å². The summed E-state index contributed by atoms with van der Waals surface area (Å²) in [6.07, 6.45) is 0. The summed E-state index contributed by atoms with van der Waals surface area (Å²) in [7, 11) is 0. The van der Waals surface area contributed by atoms with Crippen molar-refractivity contribution in [1.29, 1.82) is 0 Å². The molecular weight excluding hydrogens is 254 g/mol. The van der Waals surface area contributed by atoms with E-state index < -0.39 is 0 Å². The largest absolute Gasteiger partial charge is 0.507 e. The number of nitrogens with one attached hydrogen (secondary N) is 1. The van der Waals surface area contributed by atoms with Crippen molar-refractivity contribution in [2.75, 3.05) is 5.32 Å². The molecule has 2 aromatic carbocycles. The molecule has 0 spiro atoms. The SMILES string of the molecule is CC(=O)c1ccc(NC(=O)c2cc(C)ccc2O)cc1. The Bertz CT molecular complexity index is 660. The molecule has 0 aliphatic rings. The van der Waals surface area contributed by atoms with E-state index in [1.807, 2.05) is 6.92 Å². The van der Waals surface area contributed by atoms with E-state index in [0.717, 1.165) is 5.56 Å². The number of carbonyl (C=O) groups excluding carboxylic acids is 2. The Kier molecular flexibility index (Phi) is 3.84. The predicted molar refractivity (Wildman–Crippen MR) is 77.2 cm³/mol. The molecule has 0 bridgehead atoms. The second-order valence-electron chi connectivity index (χ2n) is 4.61. The molecule has 0 fully saturated rings. The van der Waals surface area contributed by atoms with E-state index in [-0.39, 0.29) is 23.0 Å². The maximum absolute atomic E-state index is 12.1. The molecule has 0 aliphatic heterocycles. The lowest BCUT2D eigenvalue weighted by molar-refractivity contribution is 0.101. The molecule has 0 aliphatic carbocycles. The van der Waals surface area contributed by atoms with Crippen LogP contribution in [0.2, 0.25) is 0 Å². The molecule has 2 N–H and O–H groups in total. The van der Waals surface area contributed by atoms with Gasteiger partial charge in [0, 0.05) is 11.3 Å². The van der Waals surface area contributed by atoms with E-state index in [1.54, 1.807) is 36.4 Å². The van der Waals surface area contributed by atoms with Gasteiger partial charge < -0.3 is 10.4 Å². The van der Waals surface area contributed by atoms with Gasteiger partial charge in [-0.05, 0) is 50.2 Å². The van der Waals surface area contributed by atoms with Crippen LogP contribution >= 0.6 is 0 Å². The molecule has 0 heterocycles. The van der Waals surface area contributed by atoms with Gasteiger partial charge >= 0.3 is 0 Å². The number of Topliss-reactive ketones (excluding diaryl/α,β-unsaturated/α-hetero) is 1. The average Bonchev–Trinajstić information content (AvgIpc) is 2.42. The summed E-state index contributed by atoms with van der Waals surface area (Å²) in [6, 6.07) is 11.4. The number of amides is 1. The topological polar surface area (TPSA) is 66.4 Å². The van der Waals surface area contributed by atoms with Crippen molar-refractivity contribution < 1.29 is 14.7 Å². The van der Waals surface area contributed by atoms with Gasteiger partial charge in [-0.15, -0.1) is 0 Å². The Balaban J connectivity index is 2.19. The first-order chi connectivity index (χ1) is 9.47. The van der Waals surface area contributed by atoms with Crippen molar-refractivity contribution >= 4 is 17.4 Å². The molecule has 2 aromatic rings. The Morgan fingerprint density at radius 3 is 2.30 bits per heavy atom. The quantitative estimate of drug-likeness (QED) is 0.841. The number of hydrogen-bond acceptors (Lipinski definition) is 3. The van der Waals surface area contributed by atoms with Crippen LogP contribution in [-0.2, 0) is 0 Å². The van der Waals surface area contributed by atoms with Crippen LogP contribution in [0, 0.1) is 6.92 Å². The summed E-state index contributed by atoms with van der Waals surface area (Å²) in [6.45, 7) is 3.33. The zero-order chi connectivity index (χ0) is 14.7. The van der Waals surface area contributed by atoms with E-state index in [0.29, 0.717) is 11.3 Å². The molecule has 0 atom stereocenters. The highest BCUT2D eigenvalue weighted by molar-refractivity contribution is 6.06. The normalized spacial score (nSPS) is 10.1. The zero-order valence-electron chi connectivity index (χ0n) is 11.3. The Morgan fingerprint density at radius 1 is 1.05 bits per heavy atom. The summed E-state index contributed by atoms with van der Waals surface area (Å²) in [5.74, 6) is -0.477. The first-order valence-corrected chi connectivity index (χ1v) is 6.19. The van der Waals surface area contributed by atoms with Gasteiger partial charge in [0.2, 0.25) is 0 Å². The first kappa shape index (κ1) is 13.8. The van der Waals surface area contributed by atoms with Gasteiger partial charge in [0.1, 0.15) is 5.75 Å². The van der Waals surface area contributed by atoms with E-state index >= 15 is 0 Å².